The molecule has 2 saturated heterocycles. The lowest BCUT2D eigenvalue weighted by molar-refractivity contribution is -0.138. The zero-order chi connectivity index (χ0) is 20.3. The van der Waals surface area contributed by atoms with Gasteiger partial charge in [-0.15, -0.1) is 0 Å². The molecule has 0 aliphatic carbocycles. The van der Waals surface area contributed by atoms with E-state index in [1.807, 2.05) is 0 Å². The van der Waals surface area contributed by atoms with Crippen LogP contribution in [0.5, 0.6) is 0 Å². The highest BCUT2D eigenvalue weighted by molar-refractivity contribution is 6.39. The Morgan fingerprint density at radius 3 is 2.18 bits per heavy atom. The molecule has 2 heterocycles. The van der Waals surface area contributed by atoms with E-state index in [0.717, 1.165) is 4.90 Å². The number of hydrogen-bond donors (Lipinski definition) is 1. The number of benzene rings is 1. The number of imide groups is 1. The van der Waals surface area contributed by atoms with Crippen molar-refractivity contribution in [3.8, 4) is 0 Å². The van der Waals surface area contributed by atoms with Crippen molar-refractivity contribution in [2.24, 2.45) is 0 Å². The topological polar surface area (TPSA) is 86.8 Å². The fourth-order valence-electron chi connectivity index (χ4n) is 3.47. The predicted molar refractivity (Wildman–Crippen MR) is 104 cm³/mol. The summed E-state index contributed by atoms with van der Waals surface area (Å²) >= 11 is 12.2. The molecule has 1 aromatic carbocycles. The molecule has 0 radical (unpaired) electrons. The van der Waals surface area contributed by atoms with Gasteiger partial charge in [0.25, 0.3) is 5.91 Å². The SMILES string of the molecule is O=C(CCN1C(=O)CCC1=O)NC1CCN(C(=O)c2c(Cl)cccc2Cl)CC1. The number of nitrogens with one attached hydrogen (secondary N) is 1. The summed E-state index contributed by atoms with van der Waals surface area (Å²) in [5.74, 6) is -0.858. The first kappa shape index (κ1) is 20.6. The Balaban J connectivity index is 1.46. The Morgan fingerprint density at radius 2 is 1.61 bits per heavy atom. The van der Waals surface area contributed by atoms with Crippen molar-refractivity contribution in [1.29, 1.82) is 0 Å². The third-order valence-electron chi connectivity index (χ3n) is 5.04. The van der Waals surface area contributed by atoms with Crippen LogP contribution in [0.15, 0.2) is 18.2 Å². The van der Waals surface area contributed by atoms with E-state index in [1.165, 1.54) is 0 Å². The zero-order valence-electron chi connectivity index (χ0n) is 15.2. The molecule has 28 heavy (non-hydrogen) atoms. The van der Waals surface area contributed by atoms with Crippen LogP contribution in [-0.4, -0.2) is 59.1 Å². The maximum atomic E-state index is 12.7. The van der Waals surface area contributed by atoms with Crippen LogP contribution in [0, 0.1) is 0 Å². The van der Waals surface area contributed by atoms with Crippen LogP contribution in [-0.2, 0) is 14.4 Å². The molecular formula is C19H21Cl2N3O4. The van der Waals surface area contributed by atoms with Crippen molar-refractivity contribution in [3.63, 3.8) is 0 Å². The molecule has 1 N–H and O–H groups in total. The molecule has 0 saturated carbocycles. The van der Waals surface area contributed by atoms with Gasteiger partial charge in [-0.05, 0) is 25.0 Å². The first-order valence-corrected chi connectivity index (χ1v) is 9.98. The van der Waals surface area contributed by atoms with Crippen LogP contribution in [0.25, 0.3) is 0 Å². The summed E-state index contributed by atoms with van der Waals surface area (Å²) in [5, 5.41) is 3.55. The Kier molecular flexibility index (Phi) is 6.57. The van der Waals surface area contributed by atoms with Crippen molar-refractivity contribution < 1.29 is 19.2 Å². The number of nitrogens with zero attached hydrogens (tertiary/aromatic N) is 2. The number of halogens is 2. The number of carbonyl (C=O) groups is 4. The average molecular weight is 426 g/mol. The highest BCUT2D eigenvalue weighted by Gasteiger charge is 2.30. The van der Waals surface area contributed by atoms with Crippen LogP contribution in [0.1, 0.15) is 42.5 Å². The van der Waals surface area contributed by atoms with Crippen molar-refractivity contribution >= 4 is 46.8 Å². The van der Waals surface area contributed by atoms with Gasteiger partial charge in [0.2, 0.25) is 17.7 Å². The third kappa shape index (κ3) is 4.64. The maximum absolute atomic E-state index is 12.7. The van der Waals surface area contributed by atoms with E-state index in [1.54, 1.807) is 23.1 Å². The van der Waals surface area contributed by atoms with E-state index >= 15 is 0 Å². The van der Waals surface area contributed by atoms with Gasteiger partial charge in [0.15, 0.2) is 0 Å². The van der Waals surface area contributed by atoms with E-state index in [2.05, 4.69) is 5.32 Å². The standard InChI is InChI=1S/C19H21Cl2N3O4/c20-13-2-1-3-14(21)18(13)19(28)23-9-6-12(7-10-23)22-15(25)8-11-24-16(26)4-5-17(24)27/h1-3,12H,4-11H2,(H,22,25). The van der Waals surface area contributed by atoms with Gasteiger partial charge in [-0.3, -0.25) is 24.1 Å². The molecule has 3 rings (SSSR count). The van der Waals surface area contributed by atoms with Gasteiger partial charge >= 0.3 is 0 Å². The summed E-state index contributed by atoms with van der Waals surface area (Å²) in [5.41, 5.74) is 0.299. The normalized spacial score (nSPS) is 17.9. The van der Waals surface area contributed by atoms with Crippen molar-refractivity contribution in [2.45, 2.75) is 38.1 Å². The Labute approximate surface area is 172 Å². The van der Waals surface area contributed by atoms with E-state index in [4.69, 9.17) is 23.2 Å². The summed E-state index contributed by atoms with van der Waals surface area (Å²) < 4.78 is 0. The molecule has 0 aromatic heterocycles. The molecule has 7 nitrogen and oxygen atoms in total. The van der Waals surface area contributed by atoms with Crippen LogP contribution in [0.2, 0.25) is 10.0 Å². The van der Waals surface area contributed by atoms with Gasteiger partial charge in [-0.1, -0.05) is 29.3 Å². The molecule has 2 aliphatic heterocycles. The second-order valence-corrected chi connectivity index (χ2v) is 7.73. The summed E-state index contributed by atoms with van der Waals surface area (Å²) in [4.78, 5) is 50.8. The number of amides is 4. The molecule has 9 heteroatoms. The highest BCUT2D eigenvalue weighted by atomic mass is 35.5. The van der Waals surface area contributed by atoms with Crippen LogP contribution in [0.3, 0.4) is 0 Å². The van der Waals surface area contributed by atoms with Crippen LogP contribution < -0.4 is 5.32 Å². The lowest BCUT2D eigenvalue weighted by atomic mass is 10.0. The van der Waals surface area contributed by atoms with E-state index < -0.39 is 0 Å². The highest BCUT2D eigenvalue weighted by Crippen LogP contribution is 2.27. The zero-order valence-corrected chi connectivity index (χ0v) is 16.8. The van der Waals surface area contributed by atoms with Gasteiger partial charge in [-0.25, -0.2) is 0 Å². The summed E-state index contributed by atoms with van der Waals surface area (Å²) in [7, 11) is 0. The molecule has 1 aromatic rings. The quantitative estimate of drug-likeness (QED) is 0.732. The first-order valence-electron chi connectivity index (χ1n) is 9.22. The van der Waals surface area contributed by atoms with E-state index in [9.17, 15) is 19.2 Å². The summed E-state index contributed by atoms with van der Waals surface area (Å²) in [6, 6.07) is 4.89. The average Bonchev–Trinajstić information content (AvgIpc) is 2.98. The van der Waals surface area contributed by atoms with Gasteiger partial charge < -0.3 is 10.2 Å². The fourth-order valence-corrected chi connectivity index (χ4v) is 4.03. The van der Waals surface area contributed by atoms with Gasteiger partial charge in [0, 0.05) is 44.9 Å². The molecule has 150 valence electrons. The molecule has 2 fully saturated rings. The molecule has 0 unspecified atom stereocenters. The lowest BCUT2D eigenvalue weighted by Gasteiger charge is -2.33. The minimum Gasteiger partial charge on any atom is -0.353 e. The number of piperidine rings is 1. The van der Waals surface area contributed by atoms with Gasteiger partial charge in [0.05, 0.1) is 15.6 Å². The predicted octanol–water partition coefficient (Wildman–Crippen LogP) is 2.25. The largest absolute Gasteiger partial charge is 0.353 e. The van der Waals surface area contributed by atoms with E-state index in [-0.39, 0.29) is 55.5 Å². The smallest absolute Gasteiger partial charge is 0.256 e. The second kappa shape index (κ2) is 8.92. The molecule has 4 amide bonds. The van der Waals surface area contributed by atoms with Gasteiger partial charge in [0.1, 0.15) is 0 Å². The minimum atomic E-state index is -0.220. The van der Waals surface area contributed by atoms with Crippen LogP contribution in [0.4, 0.5) is 0 Å². The fraction of sp³-hybridized carbons (Fsp3) is 0.474. The lowest BCUT2D eigenvalue weighted by Crippen LogP contribution is -2.47. The Bertz CT molecular complexity index is 770. The molecule has 2 aliphatic rings. The van der Waals surface area contributed by atoms with Crippen LogP contribution >= 0.6 is 23.2 Å². The molecule has 0 spiro atoms. The first-order chi connectivity index (χ1) is 13.4. The summed E-state index contributed by atoms with van der Waals surface area (Å²) in [6.45, 7) is 1.08. The number of likely N-dealkylation sites (tertiary alicyclic amines) is 2. The summed E-state index contributed by atoms with van der Waals surface area (Å²) in [6.07, 6.45) is 1.76. The number of hydrogen-bond acceptors (Lipinski definition) is 4. The monoisotopic (exact) mass is 425 g/mol. The second-order valence-electron chi connectivity index (χ2n) is 6.92. The van der Waals surface area contributed by atoms with Crippen molar-refractivity contribution in [2.75, 3.05) is 19.6 Å². The minimum absolute atomic E-state index is 0.0525. The van der Waals surface area contributed by atoms with E-state index in [0.29, 0.717) is 41.5 Å². The van der Waals surface area contributed by atoms with Gasteiger partial charge in [-0.2, -0.15) is 0 Å². The molecule has 0 atom stereocenters. The molecular weight excluding hydrogens is 405 g/mol. The van der Waals surface area contributed by atoms with Crippen molar-refractivity contribution in [1.82, 2.24) is 15.1 Å². The Morgan fingerprint density at radius 1 is 1.04 bits per heavy atom. The number of carbonyl (C=O) groups excluding carboxylic acids is 4. The Hall–Kier alpha value is -2.12. The third-order valence-corrected chi connectivity index (χ3v) is 5.67. The maximum Gasteiger partial charge on any atom is 0.256 e. The number of rotatable bonds is 5. The van der Waals surface area contributed by atoms with Crippen molar-refractivity contribution in [3.05, 3.63) is 33.8 Å². The molecule has 0 bridgehead atoms.